The number of hydrogen-bond donors (Lipinski definition) is 1. The molecule has 1 N–H and O–H groups in total. The average Bonchev–Trinajstić information content (AvgIpc) is 2.22. The van der Waals surface area contributed by atoms with Crippen molar-refractivity contribution in [2.24, 2.45) is 0 Å². The van der Waals surface area contributed by atoms with E-state index < -0.39 is 0 Å². The molecule has 0 bridgehead atoms. The van der Waals surface area contributed by atoms with Crippen molar-refractivity contribution in [1.29, 1.82) is 0 Å². The molecule has 0 unspecified atom stereocenters. The molecule has 0 aromatic carbocycles. The molecule has 1 aliphatic heterocycles. The molecule has 17 heavy (non-hydrogen) atoms. The lowest BCUT2D eigenvalue weighted by molar-refractivity contribution is -0.119. The maximum absolute atomic E-state index is 11.7. The highest BCUT2D eigenvalue weighted by atomic mass is 35.5. The summed E-state index contributed by atoms with van der Waals surface area (Å²) in [5.74, 6) is 0.401. The Labute approximate surface area is 104 Å². The largest absolute Gasteiger partial charge is 0.384 e. The Bertz CT molecular complexity index is 436. The van der Waals surface area contributed by atoms with Gasteiger partial charge < -0.3 is 10.1 Å². The van der Waals surface area contributed by atoms with Gasteiger partial charge in [-0.2, -0.15) is 4.98 Å². The Balaban J connectivity index is 2.40. The Hall–Kier alpha value is -1.40. The first-order valence-electron chi connectivity index (χ1n) is 5.21. The molecule has 0 saturated carbocycles. The molecule has 92 valence electrons. The molecule has 1 aromatic rings. The summed E-state index contributed by atoms with van der Waals surface area (Å²) >= 11 is 5.77. The summed E-state index contributed by atoms with van der Waals surface area (Å²) in [7, 11) is 1.74. The fourth-order valence-electron chi connectivity index (χ4n) is 1.66. The Morgan fingerprint density at radius 3 is 2.82 bits per heavy atom. The van der Waals surface area contributed by atoms with Crippen LogP contribution in [0.1, 0.15) is 6.92 Å². The van der Waals surface area contributed by atoms with Crippen LogP contribution >= 0.6 is 11.6 Å². The van der Waals surface area contributed by atoms with Gasteiger partial charge in [-0.25, -0.2) is 4.98 Å². The van der Waals surface area contributed by atoms with E-state index in [-0.39, 0.29) is 17.2 Å². The Morgan fingerprint density at radius 1 is 1.65 bits per heavy atom. The third kappa shape index (κ3) is 2.32. The SMILES string of the molecule is CNc1cnc(Cl)nc1N(C(C)=O)C1COC1. The predicted molar refractivity (Wildman–Crippen MR) is 64.4 cm³/mol. The second-order valence-electron chi connectivity index (χ2n) is 3.71. The third-order valence-corrected chi connectivity index (χ3v) is 2.74. The first-order valence-corrected chi connectivity index (χ1v) is 5.59. The number of hydrogen-bond acceptors (Lipinski definition) is 5. The summed E-state index contributed by atoms with van der Waals surface area (Å²) < 4.78 is 5.10. The summed E-state index contributed by atoms with van der Waals surface area (Å²) in [4.78, 5) is 21.3. The van der Waals surface area contributed by atoms with Gasteiger partial charge in [0, 0.05) is 14.0 Å². The second-order valence-corrected chi connectivity index (χ2v) is 4.04. The van der Waals surface area contributed by atoms with Gasteiger partial charge in [0.2, 0.25) is 11.2 Å². The van der Waals surface area contributed by atoms with Gasteiger partial charge >= 0.3 is 0 Å². The first kappa shape index (κ1) is 12.1. The topological polar surface area (TPSA) is 67.4 Å². The number of amides is 1. The van der Waals surface area contributed by atoms with Crippen LogP contribution in [-0.2, 0) is 9.53 Å². The van der Waals surface area contributed by atoms with E-state index in [1.165, 1.54) is 6.92 Å². The minimum atomic E-state index is -0.0930. The van der Waals surface area contributed by atoms with Gasteiger partial charge in [0.25, 0.3) is 0 Å². The minimum Gasteiger partial charge on any atom is -0.384 e. The maximum atomic E-state index is 11.7. The molecule has 7 heteroatoms. The zero-order valence-electron chi connectivity index (χ0n) is 9.61. The highest BCUT2D eigenvalue weighted by Crippen LogP contribution is 2.27. The summed E-state index contributed by atoms with van der Waals surface area (Å²) in [5, 5.41) is 3.06. The van der Waals surface area contributed by atoms with Crippen LogP contribution in [0, 0.1) is 0 Å². The quantitative estimate of drug-likeness (QED) is 0.815. The predicted octanol–water partition coefficient (Wildman–Crippen LogP) is 0.923. The molecule has 1 aromatic heterocycles. The Kier molecular flexibility index (Phi) is 3.44. The smallest absolute Gasteiger partial charge is 0.225 e. The normalized spacial score (nSPS) is 15.2. The van der Waals surface area contributed by atoms with Crippen molar-refractivity contribution < 1.29 is 9.53 Å². The number of nitrogens with zero attached hydrogens (tertiary/aromatic N) is 3. The van der Waals surface area contributed by atoms with Crippen molar-refractivity contribution >= 4 is 29.0 Å². The number of anilines is 2. The number of rotatable bonds is 3. The zero-order chi connectivity index (χ0) is 12.4. The average molecular weight is 257 g/mol. The number of carbonyl (C=O) groups is 1. The molecule has 0 aliphatic carbocycles. The second kappa shape index (κ2) is 4.85. The monoisotopic (exact) mass is 256 g/mol. The fourth-order valence-corrected chi connectivity index (χ4v) is 1.79. The van der Waals surface area contributed by atoms with Gasteiger partial charge in [0.1, 0.15) is 0 Å². The van der Waals surface area contributed by atoms with Gasteiger partial charge in [-0.15, -0.1) is 0 Å². The van der Waals surface area contributed by atoms with E-state index in [0.717, 1.165) is 0 Å². The fraction of sp³-hybridized carbons (Fsp3) is 0.500. The molecule has 2 rings (SSSR count). The van der Waals surface area contributed by atoms with E-state index in [1.807, 2.05) is 0 Å². The van der Waals surface area contributed by atoms with Crippen molar-refractivity contribution in [1.82, 2.24) is 9.97 Å². The van der Waals surface area contributed by atoms with E-state index >= 15 is 0 Å². The van der Waals surface area contributed by atoms with Crippen LogP contribution in [0.4, 0.5) is 11.5 Å². The number of halogens is 1. The van der Waals surface area contributed by atoms with E-state index in [4.69, 9.17) is 16.3 Å². The highest BCUT2D eigenvalue weighted by Gasteiger charge is 2.31. The number of nitrogens with one attached hydrogen (secondary N) is 1. The summed E-state index contributed by atoms with van der Waals surface area (Å²) in [6, 6.07) is 0.0190. The Morgan fingerprint density at radius 2 is 2.35 bits per heavy atom. The first-order chi connectivity index (χ1) is 8.13. The van der Waals surface area contributed by atoms with Crippen LogP contribution in [0.5, 0.6) is 0 Å². The molecule has 2 heterocycles. The summed E-state index contributed by atoms with van der Waals surface area (Å²) in [5.41, 5.74) is 0.663. The molecule has 1 saturated heterocycles. The van der Waals surface area contributed by atoms with Crippen LogP contribution in [0.15, 0.2) is 6.20 Å². The lowest BCUT2D eigenvalue weighted by Gasteiger charge is -2.36. The lowest BCUT2D eigenvalue weighted by atomic mass is 10.2. The van der Waals surface area contributed by atoms with Crippen molar-refractivity contribution in [2.75, 3.05) is 30.5 Å². The van der Waals surface area contributed by atoms with E-state index in [9.17, 15) is 4.79 Å². The molecular formula is C10H13ClN4O2. The highest BCUT2D eigenvalue weighted by molar-refractivity contribution is 6.28. The maximum Gasteiger partial charge on any atom is 0.225 e. The van der Waals surface area contributed by atoms with Gasteiger partial charge in [-0.05, 0) is 11.6 Å². The van der Waals surface area contributed by atoms with Crippen molar-refractivity contribution in [3.05, 3.63) is 11.5 Å². The molecule has 6 nitrogen and oxygen atoms in total. The standard InChI is InChI=1S/C10H13ClN4O2/c1-6(16)15(7-4-17-5-7)9-8(12-2)3-13-10(11)14-9/h3,7,12H,4-5H2,1-2H3. The van der Waals surface area contributed by atoms with Crippen LogP contribution in [0.3, 0.4) is 0 Å². The van der Waals surface area contributed by atoms with Crippen molar-refractivity contribution in [3.63, 3.8) is 0 Å². The number of aromatic nitrogens is 2. The van der Waals surface area contributed by atoms with Crippen LogP contribution in [-0.4, -0.2) is 42.2 Å². The lowest BCUT2D eigenvalue weighted by Crippen LogP contribution is -2.51. The summed E-state index contributed by atoms with van der Waals surface area (Å²) in [6.45, 7) is 2.53. The van der Waals surface area contributed by atoms with Crippen LogP contribution in [0.25, 0.3) is 0 Å². The van der Waals surface area contributed by atoms with E-state index in [2.05, 4.69) is 15.3 Å². The molecule has 0 spiro atoms. The number of carbonyl (C=O) groups excluding carboxylic acids is 1. The van der Waals surface area contributed by atoms with Crippen LogP contribution < -0.4 is 10.2 Å². The summed E-state index contributed by atoms with van der Waals surface area (Å²) in [6.07, 6.45) is 1.56. The molecule has 0 radical (unpaired) electrons. The molecule has 1 aliphatic rings. The van der Waals surface area contributed by atoms with Crippen molar-refractivity contribution in [2.45, 2.75) is 13.0 Å². The third-order valence-electron chi connectivity index (χ3n) is 2.56. The van der Waals surface area contributed by atoms with Gasteiger partial charge in [0.15, 0.2) is 5.82 Å². The molecule has 1 fully saturated rings. The van der Waals surface area contributed by atoms with Crippen molar-refractivity contribution in [3.8, 4) is 0 Å². The van der Waals surface area contributed by atoms with Gasteiger partial charge in [-0.1, -0.05) is 0 Å². The molecule has 0 atom stereocenters. The van der Waals surface area contributed by atoms with E-state index in [1.54, 1.807) is 18.1 Å². The van der Waals surface area contributed by atoms with Gasteiger partial charge in [-0.3, -0.25) is 9.69 Å². The van der Waals surface area contributed by atoms with Crippen LogP contribution in [0.2, 0.25) is 5.28 Å². The zero-order valence-corrected chi connectivity index (χ0v) is 10.4. The van der Waals surface area contributed by atoms with Gasteiger partial charge in [0.05, 0.1) is 31.1 Å². The molecule has 1 amide bonds. The van der Waals surface area contributed by atoms with E-state index in [0.29, 0.717) is 24.7 Å². The number of ether oxygens (including phenoxy) is 1. The molecular weight excluding hydrogens is 244 g/mol. The minimum absolute atomic E-state index is 0.0190.